The zero-order valence-electron chi connectivity index (χ0n) is 18.7. The average molecular weight is 495 g/mol. The van der Waals surface area contributed by atoms with Gasteiger partial charge in [-0.2, -0.15) is 4.31 Å². The third kappa shape index (κ3) is 5.40. The van der Waals surface area contributed by atoms with E-state index in [-0.39, 0.29) is 10.5 Å². The first kappa shape index (κ1) is 24.1. The normalized spacial score (nSPS) is 18.9. The van der Waals surface area contributed by atoms with Crippen molar-refractivity contribution in [3.63, 3.8) is 0 Å². The van der Waals surface area contributed by atoms with Crippen LogP contribution in [0.5, 0.6) is 0 Å². The topological polar surface area (TPSA) is 70.9 Å². The molecule has 33 heavy (non-hydrogen) atoms. The Bertz CT molecular complexity index is 1130. The largest absolute Gasteiger partial charge is 0.330 e. The van der Waals surface area contributed by atoms with E-state index in [2.05, 4.69) is 5.32 Å². The van der Waals surface area contributed by atoms with Gasteiger partial charge in [0.25, 0.3) is 5.91 Å². The van der Waals surface area contributed by atoms with Crippen LogP contribution in [0.3, 0.4) is 0 Å². The van der Waals surface area contributed by atoms with Crippen LogP contribution in [0.15, 0.2) is 41.3 Å². The molecular formula is C24H30ClFN3O3S+. The van der Waals surface area contributed by atoms with E-state index in [1.165, 1.54) is 47.4 Å². The summed E-state index contributed by atoms with van der Waals surface area (Å²) >= 11 is 6.09. The van der Waals surface area contributed by atoms with Gasteiger partial charge in [-0.3, -0.25) is 4.79 Å². The standard InChI is InChI=1S/C24H29ClFN3O3S/c1-17-7-8-18(15-22(17)25)27-24(30)21-16-20(9-10-23(21)26)33(31,32)29-13-11-28(12-14-29)19-5-3-2-4-6-19/h7-10,15-16,19H,2-6,11-14H2,1H3,(H,27,30)/p+1. The summed E-state index contributed by atoms with van der Waals surface area (Å²) in [7, 11) is -3.82. The van der Waals surface area contributed by atoms with Crippen LogP contribution in [0.1, 0.15) is 48.0 Å². The van der Waals surface area contributed by atoms with Gasteiger partial charge in [0, 0.05) is 10.7 Å². The number of piperazine rings is 1. The average Bonchev–Trinajstić information content (AvgIpc) is 2.82. The van der Waals surface area contributed by atoms with E-state index < -0.39 is 21.7 Å². The number of nitrogens with one attached hydrogen (secondary N) is 2. The Kier molecular flexibility index (Phi) is 7.38. The molecule has 2 fully saturated rings. The number of quaternary nitrogens is 1. The number of anilines is 1. The van der Waals surface area contributed by atoms with Crippen molar-refractivity contribution in [3.05, 3.63) is 58.4 Å². The van der Waals surface area contributed by atoms with E-state index in [1.54, 1.807) is 18.2 Å². The van der Waals surface area contributed by atoms with Crippen LogP contribution in [0.2, 0.25) is 5.02 Å². The van der Waals surface area contributed by atoms with Gasteiger partial charge in [0.05, 0.1) is 42.7 Å². The minimum Gasteiger partial charge on any atom is -0.330 e. The molecule has 0 radical (unpaired) electrons. The zero-order chi connectivity index (χ0) is 23.6. The molecular weight excluding hydrogens is 465 g/mol. The highest BCUT2D eigenvalue weighted by atomic mass is 35.5. The van der Waals surface area contributed by atoms with Gasteiger partial charge in [-0.1, -0.05) is 24.1 Å². The Morgan fingerprint density at radius 1 is 1.09 bits per heavy atom. The molecule has 178 valence electrons. The van der Waals surface area contributed by atoms with Crippen LogP contribution in [0.25, 0.3) is 0 Å². The number of sulfonamides is 1. The van der Waals surface area contributed by atoms with E-state index in [0.29, 0.717) is 29.8 Å². The van der Waals surface area contributed by atoms with Gasteiger partial charge in [-0.15, -0.1) is 0 Å². The van der Waals surface area contributed by atoms with Crippen molar-refractivity contribution in [1.82, 2.24) is 4.31 Å². The lowest BCUT2D eigenvalue weighted by Crippen LogP contribution is -3.18. The third-order valence-corrected chi connectivity index (χ3v) is 9.10. The summed E-state index contributed by atoms with van der Waals surface area (Å²) in [5, 5.41) is 3.06. The number of amides is 1. The summed E-state index contributed by atoms with van der Waals surface area (Å²) in [6.07, 6.45) is 6.23. The first-order valence-corrected chi connectivity index (χ1v) is 13.3. The SMILES string of the molecule is Cc1ccc(NC(=O)c2cc(S(=O)(=O)N3CC[NH+](C4CCCCC4)CC3)ccc2F)cc1Cl. The quantitative estimate of drug-likeness (QED) is 0.670. The van der Waals surface area contributed by atoms with Crippen molar-refractivity contribution in [2.24, 2.45) is 0 Å². The maximum absolute atomic E-state index is 14.5. The summed E-state index contributed by atoms with van der Waals surface area (Å²) in [4.78, 5) is 14.1. The second kappa shape index (κ2) is 10.1. The van der Waals surface area contributed by atoms with E-state index in [9.17, 15) is 17.6 Å². The van der Waals surface area contributed by atoms with Gasteiger partial charge >= 0.3 is 0 Å². The first-order valence-electron chi connectivity index (χ1n) is 11.5. The summed E-state index contributed by atoms with van der Waals surface area (Å²) in [5.74, 6) is -1.51. The van der Waals surface area contributed by atoms with E-state index in [4.69, 9.17) is 11.6 Å². The minimum atomic E-state index is -3.82. The van der Waals surface area contributed by atoms with Gasteiger partial charge in [0.1, 0.15) is 5.82 Å². The number of rotatable bonds is 5. The molecule has 1 amide bonds. The highest BCUT2D eigenvalue weighted by Gasteiger charge is 2.34. The van der Waals surface area contributed by atoms with Crippen LogP contribution in [-0.4, -0.2) is 50.9 Å². The number of hydrogen-bond donors (Lipinski definition) is 2. The van der Waals surface area contributed by atoms with Crippen LogP contribution in [0.4, 0.5) is 10.1 Å². The molecule has 2 N–H and O–H groups in total. The predicted molar refractivity (Wildman–Crippen MR) is 127 cm³/mol. The highest BCUT2D eigenvalue weighted by molar-refractivity contribution is 7.89. The molecule has 1 saturated heterocycles. The molecule has 0 spiro atoms. The van der Waals surface area contributed by atoms with Crippen molar-refractivity contribution in [1.29, 1.82) is 0 Å². The second-order valence-corrected chi connectivity index (χ2v) is 11.3. The fourth-order valence-corrected chi connectivity index (χ4v) is 6.44. The first-order chi connectivity index (χ1) is 15.8. The van der Waals surface area contributed by atoms with Crippen molar-refractivity contribution >= 4 is 33.2 Å². The van der Waals surface area contributed by atoms with Crippen LogP contribution < -0.4 is 10.2 Å². The maximum atomic E-state index is 14.5. The molecule has 2 aromatic carbocycles. The van der Waals surface area contributed by atoms with Gasteiger partial charge in [-0.25, -0.2) is 12.8 Å². The number of carbonyl (C=O) groups excluding carboxylic acids is 1. The minimum absolute atomic E-state index is 0.0721. The lowest BCUT2D eigenvalue weighted by Gasteiger charge is -2.37. The monoisotopic (exact) mass is 494 g/mol. The summed E-state index contributed by atoms with van der Waals surface area (Å²) in [5.41, 5.74) is 0.934. The van der Waals surface area contributed by atoms with Crippen LogP contribution in [-0.2, 0) is 10.0 Å². The van der Waals surface area contributed by atoms with E-state index in [1.807, 2.05) is 6.92 Å². The molecule has 1 aliphatic carbocycles. The van der Waals surface area contributed by atoms with Crippen molar-refractivity contribution < 1.29 is 22.5 Å². The number of hydrogen-bond acceptors (Lipinski definition) is 3. The Morgan fingerprint density at radius 3 is 2.45 bits per heavy atom. The van der Waals surface area contributed by atoms with Gasteiger partial charge in [-0.05, 0) is 68.5 Å². The molecule has 2 aliphatic rings. The molecule has 0 bridgehead atoms. The lowest BCUT2D eigenvalue weighted by molar-refractivity contribution is -0.930. The smallest absolute Gasteiger partial charge is 0.258 e. The number of nitrogens with zero attached hydrogens (tertiary/aromatic N) is 1. The van der Waals surface area contributed by atoms with Gasteiger partial charge in [0.15, 0.2) is 0 Å². The lowest BCUT2D eigenvalue weighted by atomic mass is 9.94. The molecule has 9 heteroatoms. The Hall–Kier alpha value is -2.00. The highest BCUT2D eigenvalue weighted by Crippen LogP contribution is 2.23. The van der Waals surface area contributed by atoms with Crippen molar-refractivity contribution in [3.8, 4) is 0 Å². The second-order valence-electron chi connectivity index (χ2n) is 8.96. The third-order valence-electron chi connectivity index (χ3n) is 6.80. The summed E-state index contributed by atoms with van der Waals surface area (Å²) in [6.45, 7) is 4.22. The molecule has 0 aromatic heterocycles. The maximum Gasteiger partial charge on any atom is 0.258 e. The molecule has 1 aliphatic heterocycles. The van der Waals surface area contributed by atoms with Crippen LogP contribution >= 0.6 is 11.6 Å². The number of carbonyl (C=O) groups is 1. The number of halogens is 2. The van der Waals surface area contributed by atoms with E-state index in [0.717, 1.165) is 30.8 Å². The fourth-order valence-electron chi connectivity index (χ4n) is 4.79. The van der Waals surface area contributed by atoms with Crippen LogP contribution in [0, 0.1) is 12.7 Å². The molecule has 0 unspecified atom stereocenters. The fraction of sp³-hybridized carbons (Fsp3) is 0.458. The zero-order valence-corrected chi connectivity index (χ0v) is 20.3. The number of aryl methyl sites for hydroxylation is 1. The molecule has 1 heterocycles. The summed E-state index contributed by atoms with van der Waals surface area (Å²) < 4.78 is 42.4. The van der Waals surface area contributed by atoms with Crippen molar-refractivity contribution in [2.75, 3.05) is 31.5 Å². The molecule has 1 saturated carbocycles. The van der Waals surface area contributed by atoms with Crippen molar-refractivity contribution in [2.45, 2.75) is 50.0 Å². The number of benzene rings is 2. The van der Waals surface area contributed by atoms with E-state index >= 15 is 0 Å². The summed E-state index contributed by atoms with van der Waals surface area (Å²) in [6, 6.07) is 8.98. The van der Waals surface area contributed by atoms with Gasteiger partial charge < -0.3 is 10.2 Å². The Labute approximate surface area is 199 Å². The molecule has 0 atom stereocenters. The Morgan fingerprint density at radius 2 is 1.79 bits per heavy atom. The predicted octanol–water partition coefficient (Wildman–Crippen LogP) is 3.26. The molecule has 4 rings (SSSR count). The molecule has 2 aromatic rings. The van der Waals surface area contributed by atoms with Gasteiger partial charge in [0.2, 0.25) is 10.0 Å². The Balaban J connectivity index is 1.47. The molecule has 6 nitrogen and oxygen atoms in total.